The van der Waals surface area contributed by atoms with Gasteiger partial charge in [0.1, 0.15) is 12.4 Å². The summed E-state index contributed by atoms with van der Waals surface area (Å²) < 4.78 is 6.50. The number of amides is 2. The summed E-state index contributed by atoms with van der Waals surface area (Å²) in [5.74, 6) is 0.766. The molecule has 0 atom stereocenters. The standard InChI is InChI=1S/C17H18BrClN2O2/c18-14-4-2-6-16(12-14)23-10-9-21-17(22)20-8-7-13-3-1-5-15(19)11-13/h1-6,11-12H,7-10H2,(H2,20,21,22). The highest BCUT2D eigenvalue weighted by Gasteiger charge is 2.01. The highest BCUT2D eigenvalue weighted by atomic mass is 79.9. The molecule has 6 heteroatoms. The number of urea groups is 1. The Kier molecular flexibility index (Phi) is 7.23. The zero-order valence-electron chi connectivity index (χ0n) is 12.5. The molecule has 2 N–H and O–H groups in total. The molecule has 0 heterocycles. The van der Waals surface area contributed by atoms with E-state index in [0.717, 1.165) is 22.2 Å². The van der Waals surface area contributed by atoms with Gasteiger partial charge in [0.15, 0.2) is 0 Å². The summed E-state index contributed by atoms with van der Waals surface area (Å²) in [6.45, 7) is 1.41. The Morgan fingerprint density at radius 1 is 1.09 bits per heavy atom. The number of hydrogen-bond acceptors (Lipinski definition) is 2. The minimum Gasteiger partial charge on any atom is -0.492 e. The van der Waals surface area contributed by atoms with Crippen molar-refractivity contribution >= 4 is 33.6 Å². The predicted octanol–water partition coefficient (Wildman–Crippen LogP) is 4.02. The van der Waals surface area contributed by atoms with E-state index in [1.807, 2.05) is 48.5 Å². The molecule has 0 aliphatic heterocycles. The Bertz CT molecular complexity index is 652. The first-order valence-corrected chi connectivity index (χ1v) is 8.45. The molecule has 0 saturated heterocycles. The first-order valence-electron chi connectivity index (χ1n) is 7.28. The zero-order chi connectivity index (χ0) is 16.5. The van der Waals surface area contributed by atoms with Crippen LogP contribution in [0.2, 0.25) is 5.02 Å². The second-order valence-electron chi connectivity index (χ2n) is 4.87. The molecule has 0 saturated carbocycles. The quantitative estimate of drug-likeness (QED) is 0.693. The van der Waals surface area contributed by atoms with Crippen molar-refractivity contribution in [1.29, 1.82) is 0 Å². The van der Waals surface area contributed by atoms with Crippen LogP contribution in [0.4, 0.5) is 4.79 Å². The molecule has 0 aromatic heterocycles. The van der Waals surface area contributed by atoms with Crippen molar-refractivity contribution in [3.05, 3.63) is 63.6 Å². The van der Waals surface area contributed by atoms with Crippen molar-refractivity contribution in [2.24, 2.45) is 0 Å². The lowest BCUT2D eigenvalue weighted by molar-refractivity contribution is 0.236. The summed E-state index contributed by atoms with van der Waals surface area (Å²) in [6, 6.07) is 15.0. The van der Waals surface area contributed by atoms with Gasteiger partial charge in [-0.25, -0.2) is 4.79 Å². The Morgan fingerprint density at radius 3 is 2.65 bits per heavy atom. The fourth-order valence-electron chi connectivity index (χ4n) is 1.97. The molecule has 0 radical (unpaired) electrons. The van der Waals surface area contributed by atoms with Crippen molar-refractivity contribution < 1.29 is 9.53 Å². The van der Waals surface area contributed by atoms with Crippen LogP contribution in [0.25, 0.3) is 0 Å². The van der Waals surface area contributed by atoms with Crippen LogP contribution >= 0.6 is 27.5 Å². The molecule has 0 aliphatic carbocycles. The van der Waals surface area contributed by atoms with Crippen LogP contribution in [0.5, 0.6) is 5.75 Å². The molecule has 122 valence electrons. The third-order valence-electron chi connectivity index (χ3n) is 3.04. The largest absolute Gasteiger partial charge is 0.492 e. The molecule has 0 aliphatic rings. The summed E-state index contributed by atoms with van der Waals surface area (Å²) >= 11 is 9.29. The highest BCUT2D eigenvalue weighted by molar-refractivity contribution is 9.10. The van der Waals surface area contributed by atoms with E-state index in [1.165, 1.54) is 0 Å². The van der Waals surface area contributed by atoms with Gasteiger partial charge in [-0.3, -0.25) is 0 Å². The van der Waals surface area contributed by atoms with Gasteiger partial charge in [-0.15, -0.1) is 0 Å². The molecule has 2 rings (SSSR count). The van der Waals surface area contributed by atoms with Gasteiger partial charge in [0, 0.05) is 16.0 Å². The number of ether oxygens (including phenoxy) is 1. The van der Waals surface area contributed by atoms with Crippen molar-refractivity contribution in [3.8, 4) is 5.75 Å². The van der Waals surface area contributed by atoms with Crippen LogP contribution in [-0.4, -0.2) is 25.7 Å². The van der Waals surface area contributed by atoms with Gasteiger partial charge in [-0.1, -0.05) is 45.7 Å². The minimum absolute atomic E-state index is 0.204. The van der Waals surface area contributed by atoms with Crippen molar-refractivity contribution in [2.45, 2.75) is 6.42 Å². The van der Waals surface area contributed by atoms with Gasteiger partial charge in [0.05, 0.1) is 6.54 Å². The van der Waals surface area contributed by atoms with Crippen LogP contribution < -0.4 is 15.4 Å². The fourth-order valence-corrected chi connectivity index (χ4v) is 2.56. The van der Waals surface area contributed by atoms with Crippen molar-refractivity contribution in [1.82, 2.24) is 10.6 Å². The zero-order valence-corrected chi connectivity index (χ0v) is 14.9. The maximum absolute atomic E-state index is 11.7. The van der Waals surface area contributed by atoms with Gasteiger partial charge in [0.2, 0.25) is 0 Å². The van der Waals surface area contributed by atoms with Crippen LogP contribution in [0, 0.1) is 0 Å². The number of nitrogens with one attached hydrogen (secondary N) is 2. The van der Waals surface area contributed by atoms with Crippen LogP contribution in [0.15, 0.2) is 53.0 Å². The molecular formula is C17H18BrClN2O2. The smallest absolute Gasteiger partial charge is 0.314 e. The maximum Gasteiger partial charge on any atom is 0.314 e. The Balaban J connectivity index is 1.58. The van der Waals surface area contributed by atoms with Gasteiger partial charge in [-0.05, 0) is 42.3 Å². The average Bonchev–Trinajstić information content (AvgIpc) is 2.52. The molecule has 2 aromatic carbocycles. The number of benzene rings is 2. The molecule has 2 amide bonds. The van der Waals surface area contributed by atoms with Crippen LogP contribution in [0.1, 0.15) is 5.56 Å². The van der Waals surface area contributed by atoms with E-state index < -0.39 is 0 Å². The van der Waals surface area contributed by atoms with Crippen LogP contribution in [0.3, 0.4) is 0 Å². The minimum atomic E-state index is -0.204. The van der Waals surface area contributed by atoms with E-state index >= 15 is 0 Å². The monoisotopic (exact) mass is 396 g/mol. The second kappa shape index (κ2) is 9.43. The molecule has 0 unspecified atom stereocenters. The van der Waals surface area contributed by atoms with Gasteiger partial charge < -0.3 is 15.4 Å². The summed E-state index contributed by atoms with van der Waals surface area (Å²) in [5, 5.41) is 6.26. The van der Waals surface area contributed by atoms with Crippen molar-refractivity contribution in [3.63, 3.8) is 0 Å². The Labute approximate surface area is 149 Å². The summed E-state index contributed by atoms with van der Waals surface area (Å²) in [7, 11) is 0. The molecule has 0 fully saturated rings. The molecular weight excluding hydrogens is 380 g/mol. The van der Waals surface area contributed by atoms with Gasteiger partial charge in [0.25, 0.3) is 0 Å². The second-order valence-corrected chi connectivity index (χ2v) is 6.22. The Morgan fingerprint density at radius 2 is 1.87 bits per heavy atom. The summed E-state index contributed by atoms with van der Waals surface area (Å²) in [4.78, 5) is 11.7. The molecule has 0 bridgehead atoms. The topological polar surface area (TPSA) is 50.4 Å². The lowest BCUT2D eigenvalue weighted by Crippen LogP contribution is -2.38. The number of rotatable bonds is 7. The number of carbonyl (C=O) groups is 1. The molecule has 0 spiro atoms. The third-order valence-corrected chi connectivity index (χ3v) is 3.77. The van der Waals surface area contributed by atoms with E-state index in [2.05, 4.69) is 26.6 Å². The SMILES string of the molecule is O=C(NCCOc1cccc(Br)c1)NCCc1cccc(Cl)c1. The summed E-state index contributed by atoms with van der Waals surface area (Å²) in [5.41, 5.74) is 1.09. The van der Waals surface area contributed by atoms with E-state index in [9.17, 15) is 4.79 Å². The van der Waals surface area contributed by atoms with E-state index in [0.29, 0.717) is 24.7 Å². The van der Waals surface area contributed by atoms with E-state index in [4.69, 9.17) is 16.3 Å². The van der Waals surface area contributed by atoms with Crippen molar-refractivity contribution in [2.75, 3.05) is 19.7 Å². The number of halogens is 2. The van der Waals surface area contributed by atoms with E-state index in [-0.39, 0.29) is 6.03 Å². The van der Waals surface area contributed by atoms with Gasteiger partial charge >= 0.3 is 6.03 Å². The number of carbonyl (C=O) groups excluding carboxylic acids is 1. The normalized spacial score (nSPS) is 10.2. The first-order chi connectivity index (χ1) is 11.1. The number of hydrogen-bond donors (Lipinski definition) is 2. The van der Waals surface area contributed by atoms with E-state index in [1.54, 1.807) is 0 Å². The Hall–Kier alpha value is -1.72. The predicted molar refractivity (Wildman–Crippen MR) is 96.2 cm³/mol. The average molecular weight is 398 g/mol. The lowest BCUT2D eigenvalue weighted by atomic mass is 10.1. The van der Waals surface area contributed by atoms with Crippen LogP contribution in [-0.2, 0) is 6.42 Å². The third kappa shape index (κ3) is 6.93. The van der Waals surface area contributed by atoms with Gasteiger partial charge in [-0.2, -0.15) is 0 Å². The first kappa shape index (κ1) is 17.6. The highest BCUT2D eigenvalue weighted by Crippen LogP contribution is 2.17. The maximum atomic E-state index is 11.7. The molecule has 2 aromatic rings. The summed E-state index contributed by atoms with van der Waals surface area (Å²) in [6.07, 6.45) is 0.739. The molecule has 4 nitrogen and oxygen atoms in total. The lowest BCUT2D eigenvalue weighted by Gasteiger charge is -2.09. The fraction of sp³-hybridized carbons (Fsp3) is 0.235. The molecule has 23 heavy (non-hydrogen) atoms.